The standard InChI is InChI=1S/C24H28N8O5/c25-17(34)8-4-7-15-10-28-32(11-15)24-29-21(26-9-14-5-2-1-3-6-14)18-22(30-24)31(13-27-18)23-20(36)19(35)16(12-33)37-23/h1-3,5-6,10-11,13,16,19-20,23,33,35-36H,4,7-9,12H2,(H2,25,34)(H,26,29,30). The highest BCUT2D eigenvalue weighted by atomic mass is 16.6. The number of carbonyl (C=O) groups is 1. The fraction of sp³-hybridized carbons (Fsp3) is 0.375. The highest BCUT2D eigenvalue weighted by molar-refractivity contribution is 5.83. The molecule has 4 heterocycles. The molecule has 13 heteroatoms. The molecule has 4 aromatic rings. The van der Waals surface area contributed by atoms with Crippen molar-refractivity contribution in [2.75, 3.05) is 11.9 Å². The lowest BCUT2D eigenvalue weighted by atomic mass is 10.1. The van der Waals surface area contributed by atoms with Gasteiger partial charge in [0.2, 0.25) is 5.91 Å². The van der Waals surface area contributed by atoms with Crippen LogP contribution < -0.4 is 11.1 Å². The summed E-state index contributed by atoms with van der Waals surface area (Å²) in [5.41, 5.74) is 7.94. The van der Waals surface area contributed by atoms with Gasteiger partial charge in [-0.2, -0.15) is 15.1 Å². The third-order valence-corrected chi connectivity index (χ3v) is 6.23. The number of rotatable bonds is 10. The number of aliphatic hydroxyl groups is 3. The van der Waals surface area contributed by atoms with Crippen molar-refractivity contribution in [3.8, 4) is 5.95 Å². The van der Waals surface area contributed by atoms with Gasteiger partial charge in [-0.05, 0) is 24.0 Å². The molecule has 37 heavy (non-hydrogen) atoms. The number of aliphatic hydroxyl groups excluding tert-OH is 3. The van der Waals surface area contributed by atoms with E-state index >= 15 is 0 Å². The highest BCUT2D eigenvalue weighted by Crippen LogP contribution is 2.32. The van der Waals surface area contributed by atoms with Gasteiger partial charge in [0.1, 0.15) is 18.3 Å². The molecule has 0 bridgehead atoms. The van der Waals surface area contributed by atoms with E-state index < -0.39 is 31.1 Å². The smallest absolute Gasteiger partial charge is 0.254 e. The van der Waals surface area contributed by atoms with E-state index in [0.717, 1.165) is 11.1 Å². The summed E-state index contributed by atoms with van der Waals surface area (Å²) < 4.78 is 8.73. The molecule has 1 fully saturated rings. The van der Waals surface area contributed by atoms with Crippen LogP contribution in [0.15, 0.2) is 49.1 Å². The summed E-state index contributed by atoms with van der Waals surface area (Å²) in [6.07, 6.45) is 1.89. The number of aryl methyl sites for hydroxylation is 1. The summed E-state index contributed by atoms with van der Waals surface area (Å²) in [6, 6.07) is 9.79. The molecule has 0 aliphatic carbocycles. The van der Waals surface area contributed by atoms with Crippen molar-refractivity contribution in [3.05, 3.63) is 60.2 Å². The summed E-state index contributed by atoms with van der Waals surface area (Å²) in [6.45, 7) is 0.0296. The van der Waals surface area contributed by atoms with Gasteiger partial charge >= 0.3 is 0 Å². The second-order valence-corrected chi connectivity index (χ2v) is 8.88. The van der Waals surface area contributed by atoms with Crippen LogP contribution in [0.1, 0.15) is 30.2 Å². The van der Waals surface area contributed by atoms with E-state index in [1.54, 1.807) is 12.4 Å². The number of fused-ring (bicyclic) bond motifs is 1. The van der Waals surface area contributed by atoms with Gasteiger partial charge in [0.05, 0.1) is 19.1 Å². The molecule has 6 N–H and O–H groups in total. The molecule has 0 spiro atoms. The zero-order valence-electron chi connectivity index (χ0n) is 19.9. The van der Waals surface area contributed by atoms with Crippen LogP contribution in [0, 0.1) is 0 Å². The number of carbonyl (C=O) groups excluding carboxylic acids is 1. The van der Waals surface area contributed by atoms with Gasteiger partial charge < -0.3 is 31.1 Å². The molecule has 1 aliphatic rings. The van der Waals surface area contributed by atoms with E-state index in [4.69, 9.17) is 10.5 Å². The first-order chi connectivity index (χ1) is 17.9. The van der Waals surface area contributed by atoms with Crippen LogP contribution in [0.2, 0.25) is 0 Å². The third-order valence-electron chi connectivity index (χ3n) is 6.23. The monoisotopic (exact) mass is 508 g/mol. The van der Waals surface area contributed by atoms with Crippen molar-refractivity contribution in [1.82, 2.24) is 29.3 Å². The molecule has 13 nitrogen and oxygen atoms in total. The molecular formula is C24H28N8O5. The second-order valence-electron chi connectivity index (χ2n) is 8.88. The molecular weight excluding hydrogens is 480 g/mol. The summed E-state index contributed by atoms with van der Waals surface area (Å²) in [4.78, 5) is 24.8. The molecule has 4 unspecified atom stereocenters. The van der Waals surface area contributed by atoms with Crippen molar-refractivity contribution in [2.45, 2.75) is 50.3 Å². The summed E-state index contributed by atoms with van der Waals surface area (Å²) in [5.74, 6) is 0.339. The van der Waals surface area contributed by atoms with E-state index in [9.17, 15) is 20.1 Å². The van der Waals surface area contributed by atoms with E-state index in [0.29, 0.717) is 36.4 Å². The van der Waals surface area contributed by atoms with Gasteiger partial charge in [-0.3, -0.25) is 9.36 Å². The molecule has 5 rings (SSSR count). The second kappa shape index (κ2) is 10.6. The number of hydrogen-bond acceptors (Lipinski definition) is 10. The van der Waals surface area contributed by atoms with Crippen LogP contribution in [0.5, 0.6) is 0 Å². The third kappa shape index (κ3) is 5.15. The van der Waals surface area contributed by atoms with Crippen molar-refractivity contribution in [1.29, 1.82) is 0 Å². The van der Waals surface area contributed by atoms with Crippen molar-refractivity contribution in [2.24, 2.45) is 5.73 Å². The number of ether oxygens (including phenoxy) is 1. The Kier molecular flexibility index (Phi) is 7.10. The molecule has 194 valence electrons. The molecule has 1 saturated heterocycles. The lowest BCUT2D eigenvalue weighted by molar-refractivity contribution is -0.118. The Balaban J connectivity index is 1.51. The Hall–Kier alpha value is -3.91. The first-order valence-corrected chi connectivity index (χ1v) is 11.9. The summed E-state index contributed by atoms with van der Waals surface area (Å²) in [5, 5.41) is 38.0. The van der Waals surface area contributed by atoms with Crippen LogP contribution in [-0.4, -0.2) is 75.4 Å². The van der Waals surface area contributed by atoms with Crippen LogP contribution in [0.4, 0.5) is 5.82 Å². The number of imidazole rings is 1. The summed E-state index contributed by atoms with van der Waals surface area (Å²) in [7, 11) is 0. The van der Waals surface area contributed by atoms with E-state index in [2.05, 4.69) is 25.4 Å². The minimum atomic E-state index is -1.30. The van der Waals surface area contributed by atoms with Crippen molar-refractivity contribution < 1.29 is 24.9 Å². The number of nitrogens with zero attached hydrogens (tertiary/aromatic N) is 6. The number of benzene rings is 1. The number of primary amides is 1. The average molecular weight is 509 g/mol. The normalized spacial score (nSPS) is 21.5. The predicted octanol–water partition coefficient (Wildman–Crippen LogP) is 0.0436. The average Bonchev–Trinajstić information content (AvgIpc) is 3.61. The first kappa shape index (κ1) is 24.8. The molecule has 0 radical (unpaired) electrons. The Labute approximate surface area is 211 Å². The van der Waals surface area contributed by atoms with Gasteiger partial charge in [-0.15, -0.1) is 0 Å². The Morgan fingerprint density at radius 1 is 1.14 bits per heavy atom. The number of nitrogens with one attached hydrogen (secondary N) is 1. The first-order valence-electron chi connectivity index (χ1n) is 11.9. The molecule has 4 atom stereocenters. The van der Waals surface area contributed by atoms with Gasteiger partial charge in [0.25, 0.3) is 5.95 Å². The van der Waals surface area contributed by atoms with Crippen molar-refractivity contribution >= 4 is 22.9 Å². The number of anilines is 1. The lowest BCUT2D eigenvalue weighted by Gasteiger charge is -2.17. The van der Waals surface area contributed by atoms with Crippen LogP contribution in [-0.2, 0) is 22.5 Å². The molecule has 1 aromatic carbocycles. The number of hydrogen-bond donors (Lipinski definition) is 5. The van der Waals surface area contributed by atoms with E-state index in [-0.39, 0.29) is 18.3 Å². The SMILES string of the molecule is NC(=O)CCCc1cnn(-c2nc(NCc3ccccc3)c3ncn(C4OC(CO)C(O)C4O)c3n2)c1. The Bertz CT molecular complexity index is 1370. The van der Waals surface area contributed by atoms with E-state index in [1.165, 1.54) is 15.6 Å². The van der Waals surface area contributed by atoms with Crippen LogP contribution in [0.3, 0.4) is 0 Å². The predicted molar refractivity (Wildman–Crippen MR) is 131 cm³/mol. The largest absolute Gasteiger partial charge is 0.394 e. The summed E-state index contributed by atoms with van der Waals surface area (Å²) >= 11 is 0. The zero-order valence-corrected chi connectivity index (χ0v) is 19.9. The Morgan fingerprint density at radius 3 is 2.68 bits per heavy atom. The fourth-order valence-electron chi connectivity index (χ4n) is 4.27. The van der Waals surface area contributed by atoms with Crippen LogP contribution >= 0.6 is 0 Å². The maximum Gasteiger partial charge on any atom is 0.254 e. The number of amides is 1. The molecule has 1 aliphatic heterocycles. The highest BCUT2D eigenvalue weighted by Gasteiger charge is 2.44. The quantitative estimate of drug-likeness (QED) is 0.196. The minimum Gasteiger partial charge on any atom is -0.394 e. The van der Waals surface area contributed by atoms with Crippen LogP contribution in [0.25, 0.3) is 17.1 Å². The molecule has 1 amide bonds. The van der Waals surface area contributed by atoms with Gasteiger partial charge in [-0.1, -0.05) is 30.3 Å². The Morgan fingerprint density at radius 2 is 1.95 bits per heavy atom. The minimum absolute atomic E-state index is 0.248. The van der Waals surface area contributed by atoms with Gasteiger partial charge in [0.15, 0.2) is 23.2 Å². The fourth-order valence-corrected chi connectivity index (χ4v) is 4.27. The molecule has 0 saturated carbocycles. The van der Waals surface area contributed by atoms with Gasteiger partial charge in [0, 0.05) is 19.2 Å². The number of nitrogens with two attached hydrogens (primary N) is 1. The maximum absolute atomic E-state index is 11.0. The topological polar surface area (TPSA) is 186 Å². The lowest BCUT2D eigenvalue weighted by Crippen LogP contribution is -2.33. The zero-order chi connectivity index (χ0) is 25.9. The maximum atomic E-state index is 11.0. The van der Waals surface area contributed by atoms with E-state index in [1.807, 2.05) is 30.3 Å². The van der Waals surface area contributed by atoms with Crippen molar-refractivity contribution in [3.63, 3.8) is 0 Å². The van der Waals surface area contributed by atoms with Gasteiger partial charge in [-0.25, -0.2) is 9.67 Å². The number of aromatic nitrogens is 6. The molecule has 3 aromatic heterocycles.